The van der Waals surface area contributed by atoms with E-state index in [1.165, 1.54) is 0 Å². The van der Waals surface area contributed by atoms with Gasteiger partial charge in [0, 0.05) is 5.02 Å². The smallest absolute Gasteiger partial charge is 0.409 e. The number of hydrazine groups is 1. The van der Waals surface area contributed by atoms with Crippen molar-refractivity contribution in [3.05, 3.63) is 28.3 Å². The maximum absolute atomic E-state index is 10.8. The summed E-state index contributed by atoms with van der Waals surface area (Å²) in [7, 11) is 0. The van der Waals surface area contributed by atoms with E-state index in [1.54, 1.807) is 12.1 Å². The second-order valence-electron chi connectivity index (χ2n) is 2.90. The van der Waals surface area contributed by atoms with Gasteiger partial charge in [-0.15, -0.1) is 0 Å². The number of carbonyl (C=O) groups excluding carboxylic acids is 1. The van der Waals surface area contributed by atoms with Gasteiger partial charge in [-0.25, -0.2) is 10.6 Å². The highest BCUT2D eigenvalue weighted by Gasteiger charge is 2.06. The zero-order valence-corrected chi connectivity index (χ0v) is 8.68. The first kappa shape index (κ1) is 10.8. The molecule has 0 unspecified atom stereocenters. The average Bonchev–Trinajstić information content (AvgIpc) is 2.14. The Kier molecular flexibility index (Phi) is 3.33. The van der Waals surface area contributed by atoms with Gasteiger partial charge in [-0.1, -0.05) is 11.6 Å². The van der Waals surface area contributed by atoms with Gasteiger partial charge >= 0.3 is 6.09 Å². The normalized spacial score (nSPS) is 9.71. The molecule has 0 aliphatic rings. The van der Waals surface area contributed by atoms with Crippen LogP contribution in [0, 0.1) is 13.8 Å². The molecule has 1 amide bonds. The van der Waals surface area contributed by atoms with Crippen molar-refractivity contribution in [1.82, 2.24) is 5.43 Å². The van der Waals surface area contributed by atoms with Gasteiger partial charge in [-0.05, 0) is 37.1 Å². The molecule has 0 heterocycles. The molecular formula is C9H11ClN2O2. The largest absolute Gasteiger partial charge is 0.426 e. The number of rotatable bonds is 1. The van der Waals surface area contributed by atoms with Gasteiger partial charge in [0.25, 0.3) is 0 Å². The molecule has 0 saturated heterocycles. The molecule has 3 N–H and O–H groups in total. The standard InChI is InChI=1S/C9H11ClN2O2/c1-5-3-7(14-9(13)12-11)4-6(2)8(5)10/h3-4H,11H2,1-2H3,(H,12,13). The molecule has 0 saturated carbocycles. The van der Waals surface area contributed by atoms with Crippen LogP contribution < -0.4 is 16.0 Å². The third kappa shape index (κ3) is 2.37. The van der Waals surface area contributed by atoms with Gasteiger partial charge in [0.2, 0.25) is 0 Å². The van der Waals surface area contributed by atoms with Gasteiger partial charge in [-0.2, -0.15) is 0 Å². The summed E-state index contributed by atoms with van der Waals surface area (Å²) >= 11 is 5.94. The van der Waals surface area contributed by atoms with Crippen molar-refractivity contribution >= 4 is 17.7 Å². The third-order valence-electron chi connectivity index (χ3n) is 1.74. The Balaban J connectivity index is 2.95. The van der Waals surface area contributed by atoms with Gasteiger partial charge in [0.15, 0.2) is 0 Å². The highest BCUT2D eigenvalue weighted by molar-refractivity contribution is 6.32. The van der Waals surface area contributed by atoms with E-state index in [-0.39, 0.29) is 0 Å². The van der Waals surface area contributed by atoms with Crippen molar-refractivity contribution in [2.75, 3.05) is 0 Å². The first-order valence-electron chi connectivity index (χ1n) is 3.99. The van der Waals surface area contributed by atoms with Crippen LogP contribution in [0.15, 0.2) is 12.1 Å². The van der Waals surface area contributed by atoms with E-state index in [9.17, 15) is 4.79 Å². The maximum atomic E-state index is 10.8. The molecule has 0 radical (unpaired) electrons. The number of nitrogens with one attached hydrogen (secondary N) is 1. The van der Waals surface area contributed by atoms with Crippen LogP contribution >= 0.6 is 11.6 Å². The van der Waals surface area contributed by atoms with E-state index < -0.39 is 6.09 Å². The number of hydrogen-bond acceptors (Lipinski definition) is 3. The molecule has 1 aromatic carbocycles. The van der Waals surface area contributed by atoms with Crippen molar-refractivity contribution in [1.29, 1.82) is 0 Å². The van der Waals surface area contributed by atoms with Crippen LogP contribution in [-0.4, -0.2) is 6.09 Å². The van der Waals surface area contributed by atoms with Gasteiger partial charge in [0.1, 0.15) is 5.75 Å². The minimum Gasteiger partial charge on any atom is -0.409 e. The SMILES string of the molecule is Cc1cc(OC(=O)NN)cc(C)c1Cl. The molecule has 4 nitrogen and oxygen atoms in total. The number of aryl methyl sites for hydroxylation is 2. The molecule has 14 heavy (non-hydrogen) atoms. The lowest BCUT2D eigenvalue weighted by Gasteiger charge is -2.07. The number of ether oxygens (including phenoxy) is 1. The van der Waals surface area contributed by atoms with Crippen molar-refractivity contribution in [2.24, 2.45) is 5.84 Å². The fourth-order valence-corrected chi connectivity index (χ4v) is 1.21. The summed E-state index contributed by atoms with van der Waals surface area (Å²) in [5.74, 6) is 5.30. The Bertz CT molecular complexity index is 343. The van der Waals surface area contributed by atoms with Gasteiger partial charge in [0.05, 0.1) is 0 Å². The summed E-state index contributed by atoms with van der Waals surface area (Å²) in [6, 6.07) is 3.34. The van der Waals surface area contributed by atoms with E-state index in [1.807, 2.05) is 19.3 Å². The minimum absolute atomic E-state index is 0.423. The zero-order valence-electron chi connectivity index (χ0n) is 7.93. The van der Waals surface area contributed by atoms with E-state index in [0.29, 0.717) is 10.8 Å². The maximum Gasteiger partial charge on any atom is 0.426 e. The molecule has 0 fully saturated rings. The Labute approximate surface area is 87.0 Å². The molecule has 0 aromatic heterocycles. The van der Waals surface area contributed by atoms with E-state index in [0.717, 1.165) is 11.1 Å². The Morgan fingerprint density at radius 1 is 1.43 bits per heavy atom. The summed E-state index contributed by atoms with van der Waals surface area (Å²) in [6.45, 7) is 3.67. The lowest BCUT2D eigenvalue weighted by molar-refractivity contribution is 0.200. The van der Waals surface area contributed by atoms with E-state index in [2.05, 4.69) is 0 Å². The summed E-state index contributed by atoms with van der Waals surface area (Å²) in [6.07, 6.45) is -0.703. The summed E-state index contributed by atoms with van der Waals surface area (Å²) < 4.78 is 4.85. The van der Waals surface area contributed by atoms with Crippen LogP contribution in [0.4, 0.5) is 4.79 Å². The first-order valence-corrected chi connectivity index (χ1v) is 4.37. The minimum atomic E-state index is -0.703. The number of benzene rings is 1. The molecule has 0 aliphatic carbocycles. The second-order valence-corrected chi connectivity index (χ2v) is 3.28. The number of halogens is 1. The number of nitrogens with two attached hydrogens (primary N) is 1. The van der Waals surface area contributed by atoms with Crippen LogP contribution in [0.1, 0.15) is 11.1 Å². The molecule has 0 atom stereocenters. The predicted octanol–water partition coefficient (Wildman–Crippen LogP) is 1.92. The number of amides is 1. The lowest BCUT2D eigenvalue weighted by Crippen LogP contribution is -2.32. The fourth-order valence-electron chi connectivity index (χ4n) is 1.10. The second kappa shape index (κ2) is 4.30. The van der Waals surface area contributed by atoms with Crippen LogP contribution in [0.25, 0.3) is 0 Å². The van der Waals surface area contributed by atoms with Crippen molar-refractivity contribution in [3.8, 4) is 5.75 Å². The molecule has 0 spiro atoms. The molecule has 5 heteroatoms. The first-order chi connectivity index (χ1) is 6.54. The lowest BCUT2D eigenvalue weighted by atomic mass is 10.1. The Hall–Kier alpha value is -1.26. The van der Waals surface area contributed by atoms with Gasteiger partial charge < -0.3 is 4.74 Å². The molecule has 76 valence electrons. The van der Waals surface area contributed by atoms with Crippen molar-refractivity contribution < 1.29 is 9.53 Å². The summed E-state index contributed by atoms with van der Waals surface area (Å²) in [5, 5.41) is 0.672. The van der Waals surface area contributed by atoms with E-state index in [4.69, 9.17) is 22.2 Å². The Morgan fingerprint density at radius 2 is 1.93 bits per heavy atom. The van der Waals surface area contributed by atoms with Crippen molar-refractivity contribution in [2.45, 2.75) is 13.8 Å². The number of hydrogen-bond donors (Lipinski definition) is 2. The van der Waals surface area contributed by atoms with Crippen LogP contribution in [0.2, 0.25) is 5.02 Å². The fraction of sp³-hybridized carbons (Fsp3) is 0.222. The van der Waals surface area contributed by atoms with Crippen LogP contribution in [-0.2, 0) is 0 Å². The summed E-state index contributed by atoms with van der Waals surface area (Å²) in [4.78, 5) is 10.8. The number of carbonyl (C=O) groups is 1. The highest BCUT2D eigenvalue weighted by Crippen LogP contribution is 2.25. The van der Waals surface area contributed by atoms with Crippen molar-refractivity contribution in [3.63, 3.8) is 0 Å². The average molecular weight is 215 g/mol. The van der Waals surface area contributed by atoms with Crippen LogP contribution in [0.3, 0.4) is 0 Å². The van der Waals surface area contributed by atoms with Crippen LogP contribution in [0.5, 0.6) is 5.75 Å². The topological polar surface area (TPSA) is 64.3 Å². The summed E-state index contributed by atoms with van der Waals surface area (Å²) in [5.41, 5.74) is 3.58. The zero-order chi connectivity index (χ0) is 10.7. The molecule has 1 rings (SSSR count). The third-order valence-corrected chi connectivity index (χ3v) is 2.33. The van der Waals surface area contributed by atoms with Gasteiger partial charge in [-0.3, -0.25) is 5.43 Å². The van der Waals surface area contributed by atoms with E-state index >= 15 is 0 Å². The predicted molar refractivity (Wildman–Crippen MR) is 54.3 cm³/mol. The molecule has 0 bridgehead atoms. The molecule has 0 aliphatic heterocycles. The quantitative estimate of drug-likeness (QED) is 0.427. The Morgan fingerprint density at radius 3 is 2.36 bits per heavy atom. The molecular weight excluding hydrogens is 204 g/mol. The molecule has 1 aromatic rings. The monoisotopic (exact) mass is 214 g/mol. The highest BCUT2D eigenvalue weighted by atomic mass is 35.5.